The maximum atomic E-state index is 9.32. The van der Waals surface area contributed by atoms with Gasteiger partial charge < -0.3 is 41.3 Å². The second kappa shape index (κ2) is 12.0. The fourth-order valence-electron chi connectivity index (χ4n) is 2.64. The first-order chi connectivity index (χ1) is 14.1. The van der Waals surface area contributed by atoms with Gasteiger partial charge in [-0.25, -0.2) is 0 Å². The molecule has 0 saturated carbocycles. The van der Waals surface area contributed by atoms with Gasteiger partial charge in [-0.05, 0) is 17.7 Å². The molecular weight excluding hydrogens is 378 g/mol. The molecule has 1 aromatic carbocycles. The van der Waals surface area contributed by atoms with Crippen LogP contribution in [0.2, 0.25) is 0 Å². The summed E-state index contributed by atoms with van der Waals surface area (Å²) in [5.74, 6) is 0.848. The lowest BCUT2D eigenvalue weighted by atomic mass is 10.2. The minimum atomic E-state index is -0.133. The first-order valence-electron chi connectivity index (χ1n) is 9.39. The number of hydrogen-bond acceptors (Lipinski definition) is 11. The van der Waals surface area contributed by atoms with Gasteiger partial charge in [0, 0.05) is 38.4 Å². The highest BCUT2D eigenvalue weighted by atomic mass is 16.3. The summed E-state index contributed by atoms with van der Waals surface area (Å²) in [4.78, 5) is 16.5. The Morgan fingerprint density at radius 1 is 0.724 bits per heavy atom. The van der Waals surface area contributed by atoms with Crippen LogP contribution in [0.5, 0.6) is 0 Å². The predicted molar refractivity (Wildman–Crippen MR) is 111 cm³/mol. The van der Waals surface area contributed by atoms with Gasteiger partial charge in [-0.15, -0.1) is 0 Å². The molecule has 0 aliphatic rings. The van der Waals surface area contributed by atoms with Crippen molar-refractivity contribution >= 4 is 23.5 Å². The van der Waals surface area contributed by atoms with Crippen molar-refractivity contribution in [1.82, 2.24) is 15.0 Å². The zero-order valence-corrected chi connectivity index (χ0v) is 16.3. The van der Waals surface area contributed by atoms with E-state index in [-0.39, 0.29) is 64.5 Å². The highest BCUT2D eigenvalue weighted by molar-refractivity contribution is 5.46. The molecule has 1 heterocycles. The van der Waals surface area contributed by atoms with Crippen LogP contribution >= 0.6 is 0 Å². The lowest BCUT2D eigenvalue weighted by Crippen LogP contribution is -2.35. The van der Waals surface area contributed by atoms with Crippen LogP contribution < -0.4 is 20.9 Å². The van der Waals surface area contributed by atoms with Crippen molar-refractivity contribution < 1.29 is 20.4 Å². The first kappa shape index (κ1) is 22.6. The van der Waals surface area contributed by atoms with Crippen molar-refractivity contribution in [2.24, 2.45) is 0 Å². The number of aliphatic hydroxyl groups is 4. The van der Waals surface area contributed by atoms with Crippen LogP contribution in [0.4, 0.5) is 23.5 Å². The normalized spacial score (nSPS) is 10.8. The van der Waals surface area contributed by atoms with Gasteiger partial charge in [-0.1, -0.05) is 12.1 Å². The number of hydrogen-bond donors (Lipinski definition) is 6. The summed E-state index contributed by atoms with van der Waals surface area (Å²) in [6.07, 6.45) is 0. The molecule has 0 atom stereocenters. The van der Waals surface area contributed by atoms with E-state index < -0.39 is 0 Å². The summed E-state index contributed by atoms with van der Waals surface area (Å²) in [5.41, 5.74) is 7.36. The Hall–Kier alpha value is -2.73. The Labute approximate surface area is 169 Å². The molecule has 0 saturated heterocycles. The third kappa shape index (κ3) is 6.98. The van der Waals surface area contributed by atoms with Crippen LogP contribution in [0.15, 0.2) is 24.3 Å². The summed E-state index contributed by atoms with van der Waals surface area (Å²) < 4.78 is 0. The average Bonchev–Trinajstić information content (AvgIpc) is 2.73. The van der Waals surface area contributed by atoms with Crippen LogP contribution in [0, 0.1) is 0 Å². The van der Waals surface area contributed by atoms with Crippen LogP contribution in [0.3, 0.4) is 0 Å². The molecule has 160 valence electrons. The van der Waals surface area contributed by atoms with Gasteiger partial charge in [-0.2, -0.15) is 15.0 Å². The van der Waals surface area contributed by atoms with E-state index in [0.29, 0.717) is 18.2 Å². The number of nitrogens with one attached hydrogen (secondary N) is 1. The smallest absolute Gasteiger partial charge is 0.232 e. The van der Waals surface area contributed by atoms with Gasteiger partial charge in [0.15, 0.2) is 0 Å². The lowest BCUT2D eigenvalue weighted by Gasteiger charge is -2.25. The Morgan fingerprint density at radius 3 is 1.59 bits per heavy atom. The van der Waals surface area contributed by atoms with E-state index in [4.69, 9.17) is 5.73 Å². The fourth-order valence-corrected chi connectivity index (χ4v) is 2.64. The maximum Gasteiger partial charge on any atom is 0.232 e. The SMILES string of the molecule is Nc1ccc(CNc2nc(N(CCO)CCO)nc(N(CCO)CCO)n2)cc1. The molecule has 7 N–H and O–H groups in total. The monoisotopic (exact) mass is 407 g/mol. The molecule has 0 unspecified atom stereocenters. The van der Waals surface area contributed by atoms with Crippen LogP contribution in [-0.2, 0) is 6.54 Å². The molecule has 0 radical (unpaired) electrons. The zero-order chi connectivity index (χ0) is 21.1. The molecule has 0 bridgehead atoms. The number of nitrogens with zero attached hydrogens (tertiary/aromatic N) is 5. The van der Waals surface area contributed by atoms with E-state index in [0.717, 1.165) is 5.56 Å². The fraction of sp³-hybridized carbons (Fsp3) is 0.500. The number of nitrogen functional groups attached to an aromatic ring is 1. The second-order valence-electron chi connectivity index (χ2n) is 6.22. The summed E-state index contributed by atoms with van der Waals surface area (Å²) in [7, 11) is 0. The average molecular weight is 407 g/mol. The number of aromatic nitrogens is 3. The Balaban J connectivity index is 2.32. The predicted octanol–water partition coefficient (Wildman–Crippen LogP) is -1.35. The molecule has 2 aromatic rings. The number of benzene rings is 1. The summed E-state index contributed by atoms with van der Waals surface area (Å²) in [5, 5.41) is 40.4. The standard InChI is InChI=1S/C18H29N7O4/c19-15-3-1-14(2-4-15)13-20-16-21-17(24(5-9-26)6-10-27)23-18(22-16)25(7-11-28)8-12-29/h1-4,26-29H,5-13,19H2,(H,20,21,22,23). The van der Waals surface area contributed by atoms with E-state index in [1.54, 1.807) is 21.9 Å². The van der Waals surface area contributed by atoms with Gasteiger partial charge in [0.25, 0.3) is 0 Å². The number of anilines is 4. The van der Waals surface area contributed by atoms with Gasteiger partial charge in [0.2, 0.25) is 17.8 Å². The Bertz CT molecular complexity index is 686. The third-order valence-corrected chi connectivity index (χ3v) is 4.09. The van der Waals surface area contributed by atoms with E-state index in [2.05, 4.69) is 20.3 Å². The van der Waals surface area contributed by atoms with Gasteiger partial charge in [0.05, 0.1) is 26.4 Å². The molecule has 0 spiro atoms. The quantitative estimate of drug-likeness (QED) is 0.217. The molecule has 29 heavy (non-hydrogen) atoms. The van der Waals surface area contributed by atoms with Crippen molar-refractivity contribution in [3.8, 4) is 0 Å². The topological polar surface area (TPSA) is 164 Å². The van der Waals surface area contributed by atoms with Gasteiger partial charge >= 0.3 is 0 Å². The van der Waals surface area contributed by atoms with E-state index >= 15 is 0 Å². The van der Waals surface area contributed by atoms with Crippen LogP contribution in [0.1, 0.15) is 5.56 Å². The molecule has 11 heteroatoms. The van der Waals surface area contributed by atoms with Crippen molar-refractivity contribution in [1.29, 1.82) is 0 Å². The number of aliphatic hydroxyl groups excluding tert-OH is 4. The number of rotatable bonds is 13. The third-order valence-electron chi connectivity index (χ3n) is 4.09. The van der Waals surface area contributed by atoms with E-state index in [1.165, 1.54) is 0 Å². The molecule has 0 aliphatic heterocycles. The van der Waals surface area contributed by atoms with Crippen molar-refractivity contribution in [2.75, 3.05) is 73.5 Å². The van der Waals surface area contributed by atoms with Crippen molar-refractivity contribution in [2.45, 2.75) is 6.54 Å². The van der Waals surface area contributed by atoms with Crippen molar-refractivity contribution in [3.63, 3.8) is 0 Å². The summed E-state index contributed by atoms with van der Waals surface area (Å²) in [6.45, 7) is 0.867. The van der Waals surface area contributed by atoms with Crippen LogP contribution in [-0.4, -0.2) is 88.0 Å². The molecule has 0 fully saturated rings. The first-order valence-corrected chi connectivity index (χ1v) is 9.39. The van der Waals surface area contributed by atoms with Crippen LogP contribution in [0.25, 0.3) is 0 Å². The van der Waals surface area contributed by atoms with E-state index in [9.17, 15) is 20.4 Å². The molecule has 0 amide bonds. The maximum absolute atomic E-state index is 9.32. The second-order valence-corrected chi connectivity index (χ2v) is 6.22. The summed E-state index contributed by atoms with van der Waals surface area (Å²) >= 11 is 0. The molecule has 11 nitrogen and oxygen atoms in total. The Kier molecular flexibility index (Phi) is 9.31. The largest absolute Gasteiger partial charge is 0.399 e. The van der Waals surface area contributed by atoms with Gasteiger partial charge in [0.1, 0.15) is 0 Å². The molecule has 1 aromatic heterocycles. The minimum absolute atomic E-state index is 0.133. The highest BCUT2D eigenvalue weighted by Gasteiger charge is 2.17. The highest BCUT2D eigenvalue weighted by Crippen LogP contribution is 2.17. The molecule has 0 aliphatic carbocycles. The van der Waals surface area contributed by atoms with Crippen molar-refractivity contribution in [3.05, 3.63) is 29.8 Å². The number of nitrogens with two attached hydrogens (primary N) is 1. The minimum Gasteiger partial charge on any atom is -0.399 e. The van der Waals surface area contributed by atoms with Gasteiger partial charge in [-0.3, -0.25) is 0 Å². The molecular formula is C18H29N7O4. The Morgan fingerprint density at radius 2 is 1.17 bits per heavy atom. The summed E-state index contributed by atoms with van der Waals surface area (Å²) in [6, 6.07) is 7.38. The lowest BCUT2D eigenvalue weighted by molar-refractivity contribution is 0.279. The molecule has 2 rings (SSSR count). The van der Waals surface area contributed by atoms with E-state index in [1.807, 2.05) is 12.1 Å². The zero-order valence-electron chi connectivity index (χ0n) is 16.3.